The van der Waals surface area contributed by atoms with Gasteiger partial charge in [0.2, 0.25) is 0 Å². The van der Waals surface area contributed by atoms with Gasteiger partial charge in [0.25, 0.3) is 0 Å². The molecular weight excluding hydrogens is 332 g/mol. The lowest BCUT2D eigenvalue weighted by atomic mass is 9.90. The third-order valence-electron chi connectivity index (χ3n) is 3.76. The van der Waals surface area contributed by atoms with Gasteiger partial charge >= 0.3 is 0 Å². The highest BCUT2D eigenvalue weighted by molar-refractivity contribution is 9.09. The molecule has 0 N–H and O–H groups in total. The second-order valence-electron chi connectivity index (χ2n) is 5.18. The van der Waals surface area contributed by atoms with Gasteiger partial charge in [-0.3, -0.25) is 0 Å². The molecule has 0 spiro atoms. The molecule has 1 atom stereocenters. The number of halogens is 1. The second kappa shape index (κ2) is 9.19. The Bertz CT molecular complexity index is 403. The number of hydrogen-bond acceptors (Lipinski definition) is 3. The van der Waals surface area contributed by atoms with Crippen LogP contribution in [0, 0.1) is 5.92 Å². The lowest BCUT2D eigenvalue weighted by molar-refractivity contribution is 0.356. The molecule has 1 unspecified atom stereocenters. The topological polar surface area (TPSA) is 27.7 Å². The maximum absolute atomic E-state index is 5.57. The fourth-order valence-corrected chi connectivity index (χ4v) is 3.70. The first-order valence-electron chi connectivity index (χ1n) is 7.56. The summed E-state index contributed by atoms with van der Waals surface area (Å²) in [6.45, 7) is 4.45. The maximum Gasteiger partial charge on any atom is 0.130 e. The molecule has 0 aromatic heterocycles. The molecule has 3 nitrogen and oxygen atoms in total. The van der Waals surface area contributed by atoms with Crippen molar-refractivity contribution in [3.8, 4) is 17.2 Å². The van der Waals surface area contributed by atoms with Crippen LogP contribution in [0.2, 0.25) is 0 Å². The van der Waals surface area contributed by atoms with Crippen molar-refractivity contribution in [3.05, 3.63) is 17.7 Å². The SMILES string of the molecule is CCCC(CCC)C(Br)c1c(OC)cc(OC)cc1OC. The van der Waals surface area contributed by atoms with Gasteiger partial charge in [0, 0.05) is 17.0 Å². The van der Waals surface area contributed by atoms with Crippen molar-refractivity contribution >= 4 is 15.9 Å². The quantitative estimate of drug-likeness (QED) is 0.555. The van der Waals surface area contributed by atoms with Gasteiger partial charge in [-0.25, -0.2) is 0 Å². The van der Waals surface area contributed by atoms with Crippen molar-refractivity contribution in [2.75, 3.05) is 21.3 Å². The summed E-state index contributed by atoms with van der Waals surface area (Å²) in [6.07, 6.45) is 4.71. The molecule has 1 rings (SSSR count). The monoisotopic (exact) mass is 358 g/mol. The Morgan fingerprint density at radius 1 is 0.905 bits per heavy atom. The first-order chi connectivity index (χ1) is 10.1. The van der Waals surface area contributed by atoms with E-state index in [9.17, 15) is 0 Å². The zero-order valence-electron chi connectivity index (χ0n) is 13.7. The molecule has 0 radical (unpaired) electrons. The third kappa shape index (κ3) is 4.53. The molecule has 0 bridgehead atoms. The number of alkyl halides is 1. The Morgan fingerprint density at radius 3 is 1.71 bits per heavy atom. The van der Waals surface area contributed by atoms with Crippen molar-refractivity contribution in [3.63, 3.8) is 0 Å². The highest BCUT2D eigenvalue weighted by atomic mass is 79.9. The summed E-state index contributed by atoms with van der Waals surface area (Å²) in [6, 6.07) is 3.84. The molecule has 0 aliphatic heterocycles. The van der Waals surface area contributed by atoms with Gasteiger partial charge in [-0.1, -0.05) is 42.6 Å². The van der Waals surface area contributed by atoms with Gasteiger partial charge < -0.3 is 14.2 Å². The number of methoxy groups -OCH3 is 3. The molecule has 0 aliphatic carbocycles. The molecule has 0 saturated carbocycles. The number of hydrogen-bond donors (Lipinski definition) is 0. The average Bonchev–Trinajstić information content (AvgIpc) is 2.52. The minimum atomic E-state index is 0.216. The van der Waals surface area contributed by atoms with Crippen molar-refractivity contribution < 1.29 is 14.2 Å². The van der Waals surface area contributed by atoms with Crippen molar-refractivity contribution in [1.82, 2.24) is 0 Å². The van der Waals surface area contributed by atoms with Crippen molar-refractivity contribution in [2.24, 2.45) is 5.92 Å². The predicted molar refractivity (Wildman–Crippen MR) is 91.1 cm³/mol. The van der Waals surface area contributed by atoms with Gasteiger partial charge in [-0.05, 0) is 18.8 Å². The van der Waals surface area contributed by atoms with Gasteiger partial charge in [-0.2, -0.15) is 0 Å². The fourth-order valence-electron chi connectivity index (χ4n) is 2.72. The Morgan fingerprint density at radius 2 is 1.38 bits per heavy atom. The average molecular weight is 359 g/mol. The van der Waals surface area contributed by atoms with E-state index in [0.29, 0.717) is 5.92 Å². The van der Waals surface area contributed by atoms with Gasteiger partial charge in [-0.15, -0.1) is 0 Å². The second-order valence-corrected chi connectivity index (χ2v) is 6.17. The summed E-state index contributed by atoms with van der Waals surface area (Å²) in [5.74, 6) is 2.93. The molecule has 0 heterocycles. The van der Waals surface area contributed by atoms with Crippen LogP contribution in [0.15, 0.2) is 12.1 Å². The summed E-state index contributed by atoms with van der Waals surface area (Å²) in [5, 5.41) is 0. The van der Waals surface area contributed by atoms with Crippen LogP contribution in [0.4, 0.5) is 0 Å². The van der Waals surface area contributed by atoms with Gasteiger partial charge in [0.05, 0.1) is 26.9 Å². The van der Waals surface area contributed by atoms with Gasteiger partial charge in [0.15, 0.2) is 0 Å². The predicted octanol–water partition coefficient (Wildman–Crippen LogP) is 5.36. The fraction of sp³-hybridized carbons (Fsp3) is 0.647. The van der Waals surface area contributed by atoms with E-state index in [1.165, 1.54) is 25.7 Å². The number of ether oxygens (including phenoxy) is 3. The van der Waals surface area contributed by atoms with Crippen LogP contribution in [-0.2, 0) is 0 Å². The Labute approximate surface area is 137 Å². The first kappa shape index (κ1) is 18.1. The Balaban J connectivity index is 3.24. The molecule has 21 heavy (non-hydrogen) atoms. The van der Waals surface area contributed by atoms with Crippen LogP contribution in [0.25, 0.3) is 0 Å². The van der Waals surface area contributed by atoms with E-state index in [4.69, 9.17) is 14.2 Å². The maximum atomic E-state index is 5.57. The zero-order chi connectivity index (χ0) is 15.8. The van der Waals surface area contributed by atoms with E-state index in [1.54, 1.807) is 21.3 Å². The largest absolute Gasteiger partial charge is 0.496 e. The van der Waals surface area contributed by atoms with Gasteiger partial charge in [0.1, 0.15) is 17.2 Å². The molecule has 0 amide bonds. The molecule has 0 fully saturated rings. The van der Waals surface area contributed by atoms with E-state index in [2.05, 4.69) is 29.8 Å². The van der Waals surface area contributed by atoms with E-state index in [0.717, 1.165) is 22.8 Å². The highest BCUT2D eigenvalue weighted by Gasteiger charge is 2.26. The van der Waals surface area contributed by atoms with Crippen molar-refractivity contribution in [2.45, 2.75) is 44.4 Å². The zero-order valence-corrected chi connectivity index (χ0v) is 15.3. The molecule has 0 saturated heterocycles. The third-order valence-corrected chi connectivity index (χ3v) is 4.97. The van der Waals surface area contributed by atoms with E-state index < -0.39 is 0 Å². The minimum absolute atomic E-state index is 0.216. The van der Waals surface area contributed by atoms with Crippen LogP contribution >= 0.6 is 15.9 Å². The number of benzene rings is 1. The summed E-state index contributed by atoms with van der Waals surface area (Å²) in [4.78, 5) is 0.216. The summed E-state index contributed by atoms with van der Waals surface area (Å²) in [5.41, 5.74) is 1.08. The van der Waals surface area contributed by atoms with Crippen LogP contribution in [0.3, 0.4) is 0 Å². The minimum Gasteiger partial charge on any atom is -0.496 e. The molecule has 120 valence electrons. The molecular formula is C17H27BrO3. The molecule has 1 aromatic carbocycles. The van der Waals surface area contributed by atoms with Crippen LogP contribution < -0.4 is 14.2 Å². The molecule has 1 aromatic rings. The Kier molecular flexibility index (Phi) is 7.94. The summed E-state index contributed by atoms with van der Waals surface area (Å²) < 4.78 is 16.4. The van der Waals surface area contributed by atoms with E-state index in [-0.39, 0.29) is 4.83 Å². The van der Waals surface area contributed by atoms with Crippen LogP contribution in [-0.4, -0.2) is 21.3 Å². The standard InChI is InChI=1S/C17H27BrO3/c1-6-8-12(9-7-2)17(18)16-14(20-4)10-13(19-3)11-15(16)21-5/h10-12,17H,6-9H2,1-5H3. The molecule has 0 aliphatic rings. The normalized spacial score (nSPS) is 12.3. The van der Waals surface area contributed by atoms with E-state index in [1.807, 2.05) is 12.1 Å². The highest BCUT2D eigenvalue weighted by Crippen LogP contribution is 2.47. The Hall–Kier alpha value is -0.900. The lowest BCUT2D eigenvalue weighted by Crippen LogP contribution is -2.10. The number of rotatable bonds is 9. The smallest absolute Gasteiger partial charge is 0.130 e. The summed E-state index contributed by atoms with van der Waals surface area (Å²) >= 11 is 3.88. The lowest BCUT2D eigenvalue weighted by Gasteiger charge is -2.25. The summed E-state index contributed by atoms with van der Waals surface area (Å²) in [7, 11) is 5.02. The molecule has 4 heteroatoms. The van der Waals surface area contributed by atoms with Crippen LogP contribution in [0.1, 0.15) is 49.9 Å². The van der Waals surface area contributed by atoms with Crippen LogP contribution in [0.5, 0.6) is 17.2 Å². The first-order valence-corrected chi connectivity index (χ1v) is 8.48. The van der Waals surface area contributed by atoms with E-state index >= 15 is 0 Å². The van der Waals surface area contributed by atoms with Crippen molar-refractivity contribution in [1.29, 1.82) is 0 Å².